The molecule has 0 aliphatic carbocycles. The molecule has 1 atom stereocenters. The summed E-state index contributed by atoms with van der Waals surface area (Å²) in [6, 6.07) is 6.16. The lowest BCUT2D eigenvalue weighted by Gasteiger charge is -2.16. The van der Waals surface area contributed by atoms with Crippen molar-refractivity contribution in [1.82, 2.24) is 25.1 Å². The van der Waals surface area contributed by atoms with Crippen molar-refractivity contribution in [2.45, 2.75) is 12.5 Å². The lowest BCUT2D eigenvalue weighted by molar-refractivity contribution is 0.414. The Morgan fingerprint density at radius 1 is 1.42 bits per heavy atom. The molecule has 100 valence electrons. The summed E-state index contributed by atoms with van der Waals surface area (Å²) in [7, 11) is 2.13. The van der Waals surface area contributed by atoms with E-state index in [0.29, 0.717) is 11.1 Å². The Labute approximate surface area is 116 Å². The average molecular weight is 279 g/mol. The number of likely N-dealkylation sites (N-methyl/N-ethyl adjacent to an activating group) is 1. The number of aromatic nitrogens is 4. The summed E-state index contributed by atoms with van der Waals surface area (Å²) in [6.45, 7) is 2.15. The maximum Gasteiger partial charge on any atom is 0.143 e. The Bertz CT molecular complexity index is 555. The third-order valence-electron chi connectivity index (χ3n) is 3.31. The molecule has 1 unspecified atom stereocenters. The van der Waals surface area contributed by atoms with Crippen LogP contribution in [0.4, 0.5) is 5.69 Å². The topological polar surface area (TPSA) is 58.9 Å². The van der Waals surface area contributed by atoms with E-state index >= 15 is 0 Å². The zero-order valence-electron chi connectivity index (χ0n) is 10.6. The Kier molecular flexibility index (Phi) is 3.35. The summed E-state index contributed by atoms with van der Waals surface area (Å²) in [4.78, 5) is 2.30. The van der Waals surface area contributed by atoms with Crippen LogP contribution < -0.4 is 5.32 Å². The van der Waals surface area contributed by atoms with E-state index in [1.165, 1.54) is 0 Å². The predicted molar refractivity (Wildman–Crippen MR) is 73.7 cm³/mol. The van der Waals surface area contributed by atoms with Crippen LogP contribution in [0.3, 0.4) is 0 Å². The average Bonchev–Trinajstić information content (AvgIpc) is 3.04. The lowest BCUT2D eigenvalue weighted by Crippen LogP contribution is -2.23. The zero-order valence-corrected chi connectivity index (χ0v) is 11.4. The zero-order chi connectivity index (χ0) is 13.2. The molecule has 1 aromatic carbocycles. The summed E-state index contributed by atoms with van der Waals surface area (Å²) in [5.41, 5.74) is 1.82. The minimum absolute atomic E-state index is 0.437. The van der Waals surface area contributed by atoms with Crippen LogP contribution in [-0.2, 0) is 0 Å². The van der Waals surface area contributed by atoms with E-state index in [1.54, 1.807) is 11.0 Å². The summed E-state index contributed by atoms with van der Waals surface area (Å²) in [5.74, 6) is 0. The number of rotatable bonds is 3. The molecule has 1 aromatic heterocycles. The monoisotopic (exact) mass is 278 g/mol. The minimum atomic E-state index is 0.437. The number of hydrogen-bond acceptors (Lipinski definition) is 5. The van der Waals surface area contributed by atoms with Crippen LogP contribution in [0.15, 0.2) is 24.5 Å². The number of tetrazole rings is 1. The molecule has 0 amide bonds. The number of anilines is 1. The fourth-order valence-electron chi connectivity index (χ4n) is 2.32. The second kappa shape index (κ2) is 5.14. The lowest BCUT2D eigenvalue weighted by atomic mass is 10.2. The highest BCUT2D eigenvalue weighted by atomic mass is 35.5. The van der Waals surface area contributed by atoms with Crippen LogP contribution >= 0.6 is 11.6 Å². The molecule has 3 rings (SSSR count). The molecular formula is C12H15ClN6. The molecule has 2 heterocycles. The molecule has 0 bridgehead atoms. The van der Waals surface area contributed by atoms with Crippen LogP contribution in [0, 0.1) is 0 Å². The van der Waals surface area contributed by atoms with E-state index in [-0.39, 0.29) is 0 Å². The van der Waals surface area contributed by atoms with Gasteiger partial charge in [0, 0.05) is 12.6 Å². The maximum atomic E-state index is 6.24. The molecule has 6 nitrogen and oxygen atoms in total. The van der Waals surface area contributed by atoms with E-state index in [4.69, 9.17) is 11.6 Å². The molecule has 1 saturated heterocycles. The van der Waals surface area contributed by atoms with Gasteiger partial charge in [-0.1, -0.05) is 11.6 Å². The van der Waals surface area contributed by atoms with E-state index in [0.717, 1.165) is 30.9 Å². The van der Waals surface area contributed by atoms with Gasteiger partial charge in [-0.25, -0.2) is 4.68 Å². The smallest absolute Gasteiger partial charge is 0.143 e. The Morgan fingerprint density at radius 2 is 2.32 bits per heavy atom. The number of benzene rings is 1. The largest absolute Gasteiger partial charge is 0.380 e. The highest BCUT2D eigenvalue weighted by Gasteiger charge is 2.20. The number of halogens is 1. The van der Waals surface area contributed by atoms with Gasteiger partial charge in [0.05, 0.1) is 16.4 Å². The fraction of sp³-hybridized carbons (Fsp3) is 0.417. The quantitative estimate of drug-likeness (QED) is 0.920. The fourth-order valence-corrected chi connectivity index (χ4v) is 2.49. The summed E-state index contributed by atoms with van der Waals surface area (Å²) in [5, 5.41) is 15.4. The van der Waals surface area contributed by atoms with Crippen LogP contribution in [0.5, 0.6) is 0 Å². The third kappa shape index (κ3) is 2.69. The third-order valence-corrected chi connectivity index (χ3v) is 3.64. The molecule has 1 fully saturated rings. The van der Waals surface area contributed by atoms with Crippen molar-refractivity contribution in [2.24, 2.45) is 0 Å². The van der Waals surface area contributed by atoms with Gasteiger partial charge in [-0.3, -0.25) is 0 Å². The molecule has 0 spiro atoms. The van der Waals surface area contributed by atoms with E-state index in [9.17, 15) is 0 Å². The Balaban J connectivity index is 1.82. The maximum absolute atomic E-state index is 6.24. The number of nitrogens with one attached hydrogen (secondary N) is 1. The van der Waals surface area contributed by atoms with Crippen molar-refractivity contribution >= 4 is 17.3 Å². The first-order valence-corrected chi connectivity index (χ1v) is 6.58. The normalized spacial score (nSPS) is 19.8. The Morgan fingerprint density at radius 3 is 3.00 bits per heavy atom. The molecular weight excluding hydrogens is 264 g/mol. The highest BCUT2D eigenvalue weighted by molar-refractivity contribution is 6.33. The van der Waals surface area contributed by atoms with Gasteiger partial charge >= 0.3 is 0 Å². The van der Waals surface area contributed by atoms with Crippen LogP contribution in [-0.4, -0.2) is 51.3 Å². The molecule has 19 heavy (non-hydrogen) atoms. The van der Waals surface area contributed by atoms with Crippen molar-refractivity contribution in [3.63, 3.8) is 0 Å². The molecule has 0 saturated carbocycles. The van der Waals surface area contributed by atoms with Gasteiger partial charge in [0.25, 0.3) is 0 Å². The van der Waals surface area contributed by atoms with Gasteiger partial charge < -0.3 is 10.2 Å². The SMILES string of the molecule is CN1CCC(Nc2cc(-n3cnnn3)ccc2Cl)C1. The van der Waals surface area contributed by atoms with Gasteiger partial charge in [-0.05, 0) is 48.6 Å². The van der Waals surface area contributed by atoms with E-state index in [2.05, 4.69) is 32.8 Å². The summed E-state index contributed by atoms with van der Waals surface area (Å²) in [6.07, 6.45) is 2.69. The van der Waals surface area contributed by atoms with E-state index < -0.39 is 0 Å². The number of nitrogens with zero attached hydrogens (tertiary/aromatic N) is 5. The summed E-state index contributed by atoms with van der Waals surface area (Å²) < 4.78 is 1.61. The van der Waals surface area contributed by atoms with Gasteiger partial charge in [0.1, 0.15) is 6.33 Å². The predicted octanol–water partition coefficient (Wildman–Crippen LogP) is 1.43. The molecule has 0 radical (unpaired) electrons. The van der Waals surface area contributed by atoms with Crippen LogP contribution in [0.2, 0.25) is 5.02 Å². The van der Waals surface area contributed by atoms with Crippen LogP contribution in [0.1, 0.15) is 6.42 Å². The van der Waals surface area contributed by atoms with Gasteiger partial charge in [0.15, 0.2) is 0 Å². The first-order chi connectivity index (χ1) is 9.22. The first kappa shape index (κ1) is 12.4. The molecule has 1 N–H and O–H groups in total. The number of hydrogen-bond donors (Lipinski definition) is 1. The first-order valence-electron chi connectivity index (χ1n) is 6.20. The molecule has 2 aromatic rings. The van der Waals surface area contributed by atoms with Crippen molar-refractivity contribution < 1.29 is 0 Å². The van der Waals surface area contributed by atoms with Crippen molar-refractivity contribution in [2.75, 3.05) is 25.5 Å². The summed E-state index contributed by atoms with van der Waals surface area (Å²) >= 11 is 6.24. The Hall–Kier alpha value is -1.66. The molecule has 1 aliphatic rings. The van der Waals surface area contributed by atoms with Crippen molar-refractivity contribution in [3.05, 3.63) is 29.5 Å². The second-order valence-electron chi connectivity index (χ2n) is 4.81. The van der Waals surface area contributed by atoms with E-state index in [1.807, 2.05) is 18.2 Å². The number of likely N-dealkylation sites (tertiary alicyclic amines) is 1. The second-order valence-corrected chi connectivity index (χ2v) is 5.22. The van der Waals surface area contributed by atoms with Gasteiger partial charge in [0.2, 0.25) is 0 Å². The molecule has 7 heteroatoms. The highest BCUT2D eigenvalue weighted by Crippen LogP contribution is 2.26. The van der Waals surface area contributed by atoms with Gasteiger partial charge in [-0.15, -0.1) is 5.10 Å². The standard InChI is InChI=1S/C12H15ClN6/c1-18-5-4-9(7-18)15-12-6-10(2-3-11(12)13)19-8-14-16-17-19/h2-3,6,8-9,15H,4-5,7H2,1H3. The van der Waals surface area contributed by atoms with Crippen molar-refractivity contribution in [3.8, 4) is 5.69 Å². The van der Waals surface area contributed by atoms with Crippen molar-refractivity contribution in [1.29, 1.82) is 0 Å². The van der Waals surface area contributed by atoms with Crippen LogP contribution in [0.25, 0.3) is 5.69 Å². The minimum Gasteiger partial charge on any atom is -0.380 e. The molecule has 1 aliphatic heterocycles. The van der Waals surface area contributed by atoms with Gasteiger partial charge in [-0.2, -0.15) is 0 Å².